The van der Waals surface area contributed by atoms with Crippen LogP contribution in [0, 0.1) is 11.8 Å². The standard InChI is InChI=1S/C15H28N2O2/c1-4-17(11-14(18)16-3)15(19)10-12(2)13-8-6-5-7-9-13/h12-13H,4-11H2,1-3H3,(H,16,18)/t12-/m1/s1. The maximum Gasteiger partial charge on any atom is 0.239 e. The van der Waals surface area contributed by atoms with Crippen molar-refractivity contribution in [2.75, 3.05) is 20.1 Å². The maximum absolute atomic E-state index is 12.2. The molecule has 0 aromatic rings. The van der Waals surface area contributed by atoms with E-state index in [9.17, 15) is 9.59 Å². The van der Waals surface area contributed by atoms with E-state index in [0.29, 0.717) is 24.8 Å². The molecule has 4 nitrogen and oxygen atoms in total. The second-order valence-electron chi connectivity index (χ2n) is 5.66. The van der Waals surface area contributed by atoms with Crippen LogP contribution in [-0.2, 0) is 9.59 Å². The quantitative estimate of drug-likeness (QED) is 0.802. The van der Waals surface area contributed by atoms with E-state index >= 15 is 0 Å². The molecule has 4 heteroatoms. The number of carbonyl (C=O) groups excluding carboxylic acids is 2. The number of amides is 2. The summed E-state index contributed by atoms with van der Waals surface area (Å²) in [6.45, 7) is 4.89. The van der Waals surface area contributed by atoms with Gasteiger partial charge in [0, 0.05) is 20.0 Å². The SMILES string of the molecule is CCN(CC(=O)NC)C(=O)C[C@@H](C)C1CCCCC1. The summed E-state index contributed by atoms with van der Waals surface area (Å²) in [5, 5.41) is 2.57. The molecule has 110 valence electrons. The van der Waals surface area contributed by atoms with Gasteiger partial charge >= 0.3 is 0 Å². The van der Waals surface area contributed by atoms with Crippen molar-refractivity contribution in [1.29, 1.82) is 0 Å². The number of nitrogens with one attached hydrogen (secondary N) is 1. The van der Waals surface area contributed by atoms with Crippen LogP contribution in [0.3, 0.4) is 0 Å². The lowest BCUT2D eigenvalue weighted by molar-refractivity contribution is -0.136. The van der Waals surface area contributed by atoms with Gasteiger partial charge in [-0.05, 0) is 18.8 Å². The Balaban J connectivity index is 2.44. The monoisotopic (exact) mass is 268 g/mol. The Morgan fingerprint density at radius 1 is 1.26 bits per heavy atom. The van der Waals surface area contributed by atoms with Gasteiger partial charge in [0.1, 0.15) is 0 Å². The minimum atomic E-state index is -0.0967. The summed E-state index contributed by atoms with van der Waals surface area (Å²) in [6.07, 6.45) is 7.05. The highest BCUT2D eigenvalue weighted by Gasteiger charge is 2.24. The van der Waals surface area contributed by atoms with Crippen molar-refractivity contribution in [2.45, 2.75) is 52.4 Å². The molecular formula is C15H28N2O2. The molecule has 0 aromatic carbocycles. The van der Waals surface area contributed by atoms with Crippen molar-refractivity contribution in [3.8, 4) is 0 Å². The Kier molecular flexibility index (Phi) is 6.89. The highest BCUT2D eigenvalue weighted by molar-refractivity contribution is 5.84. The van der Waals surface area contributed by atoms with Crippen LogP contribution >= 0.6 is 0 Å². The van der Waals surface area contributed by atoms with E-state index in [-0.39, 0.29) is 18.4 Å². The van der Waals surface area contributed by atoms with Crippen molar-refractivity contribution in [1.82, 2.24) is 10.2 Å². The molecule has 0 aliphatic heterocycles. The third-order valence-electron chi connectivity index (χ3n) is 4.30. The van der Waals surface area contributed by atoms with E-state index in [4.69, 9.17) is 0 Å². The summed E-state index contributed by atoms with van der Waals surface area (Å²) in [7, 11) is 1.60. The van der Waals surface area contributed by atoms with Crippen molar-refractivity contribution in [3.63, 3.8) is 0 Å². The molecule has 0 spiro atoms. The Morgan fingerprint density at radius 3 is 2.42 bits per heavy atom. The van der Waals surface area contributed by atoms with Crippen LogP contribution in [0.5, 0.6) is 0 Å². The van der Waals surface area contributed by atoms with Crippen LogP contribution in [0.2, 0.25) is 0 Å². The summed E-state index contributed by atoms with van der Waals surface area (Å²) >= 11 is 0. The van der Waals surface area contributed by atoms with Gasteiger partial charge in [-0.3, -0.25) is 9.59 Å². The molecule has 0 aromatic heterocycles. The predicted octanol–water partition coefficient (Wildman–Crippen LogP) is 2.19. The van der Waals surface area contributed by atoms with E-state index < -0.39 is 0 Å². The first-order chi connectivity index (χ1) is 9.08. The van der Waals surface area contributed by atoms with Crippen LogP contribution in [0.25, 0.3) is 0 Å². The molecule has 0 bridgehead atoms. The van der Waals surface area contributed by atoms with Gasteiger partial charge in [-0.2, -0.15) is 0 Å². The van der Waals surface area contributed by atoms with E-state index in [1.54, 1.807) is 11.9 Å². The molecule has 19 heavy (non-hydrogen) atoms. The van der Waals surface area contributed by atoms with Gasteiger partial charge in [0.05, 0.1) is 6.54 Å². The highest BCUT2D eigenvalue weighted by Crippen LogP contribution is 2.31. The average molecular weight is 268 g/mol. The third-order valence-corrected chi connectivity index (χ3v) is 4.30. The lowest BCUT2D eigenvalue weighted by atomic mass is 9.79. The molecule has 0 heterocycles. The molecule has 1 atom stereocenters. The zero-order valence-electron chi connectivity index (χ0n) is 12.6. The van der Waals surface area contributed by atoms with Gasteiger partial charge in [-0.15, -0.1) is 0 Å². The smallest absolute Gasteiger partial charge is 0.239 e. The molecule has 1 saturated carbocycles. The molecule has 0 radical (unpaired) electrons. The van der Waals surface area contributed by atoms with Crippen molar-refractivity contribution < 1.29 is 9.59 Å². The number of likely N-dealkylation sites (N-methyl/N-ethyl adjacent to an activating group) is 2. The number of rotatable bonds is 6. The van der Waals surface area contributed by atoms with Crippen LogP contribution in [0.1, 0.15) is 52.4 Å². The topological polar surface area (TPSA) is 49.4 Å². The molecule has 1 aliphatic rings. The first-order valence-electron chi connectivity index (χ1n) is 7.56. The zero-order chi connectivity index (χ0) is 14.3. The molecule has 1 aliphatic carbocycles. The summed E-state index contributed by atoms with van der Waals surface area (Å²) in [6, 6.07) is 0. The average Bonchev–Trinajstić information content (AvgIpc) is 2.45. The van der Waals surface area contributed by atoms with Crippen molar-refractivity contribution in [2.24, 2.45) is 11.8 Å². The summed E-state index contributed by atoms with van der Waals surface area (Å²) in [5.74, 6) is 1.15. The lowest BCUT2D eigenvalue weighted by Gasteiger charge is -2.29. The van der Waals surface area contributed by atoms with Gasteiger partial charge in [-0.1, -0.05) is 39.0 Å². The number of carbonyl (C=O) groups is 2. The van der Waals surface area contributed by atoms with Crippen molar-refractivity contribution in [3.05, 3.63) is 0 Å². The minimum absolute atomic E-state index is 0.0967. The number of hydrogen-bond acceptors (Lipinski definition) is 2. The first-order valence-corrected chi connectivity index (χ1v) is 7.56. The van der Waals surface area contributed by atoms with E-state index in [2.05, 4.69) is 12.2 Å². The molecule has 1 fully saturated rings. The molecule has 1 rings (SSSR count). The Morgan fingerprint density at radius 2 is 1.89 bits per heavy atom. The van der Waals surface area contributed by atoms with Gasteiger partial charge in [0.2, 0.25) is 11.8 Å². The minimum Gasteiger partial charge on any atom is -0.358 e. The second kappa shape index (κ2) is 8.18. The van der Waals surface area contributed by atoms with E-state index in [1.165, 1.54) is 32.1 Å². The molecule has 1 N–H and O–H groups in total. The molecule has 2 amide bonds. The molecular weight excluding hydrogens is 240 g/mol. The zero-order valence-corrected chi connectivity index (χ0v) is 12.6. The highest BCUT2D eigenvalue weighted by atomic mass is 16.2. The maximum atomic E-state index is 12.2. The second-order valence-corrected chi connectivity index (χ2v) is 5.66. The third kappa shape index (κ3) is 5.21. The van der Waals surface area contributed by atoms with Gasteiger partial charge in [0.25, 0.3) is 0 Å². The predicted molar refractivity (Wildman–Crippen MR) is 76.7 cm³/mol. The fraction of sp³-hybridized carbons (Fsp3) is 0.867. The van der Waals surface area contributed by atoms with Crippen LogP contribution < -0.4 is 5.32 Å². The molecule has 0 unspecified atom stereocenters. The Labute approximate surface area is 116 Å². The van der Waals surface area contributed by atoms with E-state index in [1.807, 2.05) is 6.92 Å². The number of nitrogens with zero attached hydrogens (tertiary/aromatic N) is 1. The normalized spacial score (nSPS) is 17.8. The van der Waals surface area contributed by atoms with E-state index in [0.717, 1.165) is 0 Å². The fourth-order valence-electron chi connectivity index (χ4n) is 2.90. The van der Waals surface area contributed by atoms with Crippen LogP contribution in [0.15, 0.2) is 0 Å². The summed E-state index contributed by atoms with van der Waals surface area (Å²) in [5.41, 5.74) is 0. The van der Waals surface area contributed by atoms with Gasteiger partial charge in [-0.25, -0.2) is 0 Å². The Bertz CT molecular complexity index is 299. The lowest BCUT2D eigenvalue weighted by Crippen LogP contribution is -2.40. The Hall–Kier alpha value is -1.06. The number of hydrogen-bond donors (Lipinski definition) is 1. The van der Waals surface area contributed by atoms with Crippen molar-refractivity contribution >= 4 is 11.8 Å². The summed E-state index contributed by atoms with van der Waals surface area (Å²) < 4.78 is 0. The fourth-order valence-corrected chi connectivity index (χ4v) is 2.90. The van der Waals surface area contributed by atoms with Gasteiger partial charge in [0.15, 0.2) is 0 Å². The van der Waals surface area contributed by atoms with Crippen LogP contribution in [0.4, 0.5) is 0 Å². The summed E-state index contributed by atoms with van der Waals surface area (Å²) in [4.78, 5) is 25.2. The first kappa shape index (κ1) is 16.0. The largest absolute Gasteiger partial charge is 0.358 e. The van der Waals surface area contributed by atoms with Gasteiger partial charge < -0.3 is 10.2 Å². The van der Waals surface area contributed by atoms with Crippen LogP contribution in [-0.4, -0.2) is 36.9 Å². The molecule has 0 saturated heterocycles.